The quantitative estimate of drug-likeness (QED) is 0.495. The van der Waals surface area contributed by atoms with E-state index in [9.17, 15) is 0 Å². The molecule has 70 valence electrons. The Morgan fingerprint density at radius 3 is 2.92 bits per heavy atom. The second-order valence-electron chi connectivity index (χ2n) is 3.29. The van der Waals surface area contributed by atoms with Crippen LogP contribution in [0, 0.1) is 5.41 Å². The lowest BCUT2D eigenvalue weighted by atomic mass is 10.2. The van der Waals surface area contributed by atoms with Crippen LogP contribution in [0.5, 0.6) is 0 Å². The van der Waals surface area contributed by atoms with E-state index in [0.717, 1.165) is 12.3 Å². The van der Waals surface area contributed by atoms with Crippen LogP contribution in [0.15, 0.2) is 0 Å². The van der Waals surface area contributed by atoms with Crippen LogP contribution in [-0.4, -0.2) is 40.9 Å². The van der Waals surface area contributed by atoms with Gasteiger partial charge in [0.15, 0.2) is 0 Å². The van der Waals surface area contributed by atoms with Crippen LogP contribution in [0.1, 0.15) is 13.8 Å². The van der Waals surface area contributed by atoms with Crippen molar-refractivity contribution in [2.24, 2.45) is 5.73 Å². The molecule has 0 aromatic carbocycles. The number of nitrogens with zero attached hydrogens (tertiary/aromatic N) is 1. The van der Waals surface area contributed by atoms with E-state index in [1.807, 2.05) is 18.7 Å². The highest BCUT2D eigenvalue weighted by Gasteiger charge is 2.24. The van der Waals surface area contributed by atoms with Crippen molar-refractivity contribution in [1.82, 2.24) is 4.90 Å². The van der Waals surface area contributed by atoms with Crippen LogP contribution in [0.2, 0.25) is 0 Å². The van der Waals surface area contributed by atoms with Gasteiger partial charge in [0.1, 0.15) is 5.84 Å². The van der Waals surface area contributed by atoms with Gasteiger partial charge < -0.3 is 5.73 Å². The van der Waals surface area contributed by atoms with E-state index in [2.05, 4.69) is 11.8 Å². The Balaban J connectivity index is 2.53. The van der Waals surface area contributed by atoms with Crippen molar-refractivity contribution >= 4 is 17.6 Å². The first-order valence-electron chi connectivity index (χ1n) is 4.30. The fraction of sp³-hybridized carbons (Fsp3) is 0.875. The molecule has 1 heterocycles. The molecule has 0 spiro atoms. The van der Waals surface area contributed by atoms with Crippen molar-refractivity contribution in [3.05, 3.63) is 0 Å². The van der Waals surface area contributed by atoms with Gasteiger partial charge >= 0.3 is 0 Å². The van der Waals surface area contributed by atoms with Gasteiger partial charge in [-0.05, 0) is 13.8 Å². The van der Waals surface area contributed by atoms with Crippen molar-refractivity contribution in [1.29, 1.82) is 5.41 Å². The van der Waals surface area contributed by atoms with Gasteiger partial charge in [0.05, 0.1) is 6.04 Å². The van der Waals surface area contributed by atoms with Gasteiger partial charge in [-0.2, -0.15) is 11.8 Å². The molecule has 0 aliphatic carbocycles. The third kappa shape index (κ3) is 2.14. The zero-order chi connectivity index (χ0) is 9.14. The first-order chi connectivity index (χ1) is 5.63. The first kappa shape index (κ1) is 9.86. The topological polar surface area (TPSA) is 53.1 Å². The molecule has 0 radical (unpaired) electrons. The lowest BCUT2D eigenvalue weighted by Crippen LogP contribution is -2.50. The number of amidine groups is 1. The molecule has 3 N–H and O–H groups in total. The second kappa shape index (κ2) is 4.14. The lowest BCUT2D eigenvalue weighted by Gasteiger charge is -2.37. The van der Waals surface area contributed by atoms with Gasteiger partial charge in [-0.1, -0.05) is 0 Å². The van der Waals surface area contributed by atoms with Crippen LogP contribution < -0.4 is 5.73 Å². The maximum atomic E-state index is 7.36. The van der Waals surface area contributed by atoms with Crippen LogP contribution in [0.25, 0.3) is 0 Å². The number of thioether (sulfide) groups is 1. The van der Waals surface area contributed by atoms with Crippen molar-refractivity contribution in [2.75, 3.05) is 18.1 Å². The van der Waals surface area contributed by atoms with E-state index < -0.39 is 0 Å². The molecule has 2 unspecified atom stereocenters. The standard InChI is InChI=1S/C8H17N3S/c1-6-5-12-4-3-11(6)7(2)8(9)10/h6-7H,3-5H2,1-2H3,(H3,9,10). The lowest BCUT2D eigenvalue weighted by molar-refractivity contribution is 0.211. The molecule has 3 nitrogen and oxygen atoms in total. The summed E-state index contributed by atoms with van der Waals surface area (Å²) in [7, 11) is 0. The van der Waals surface area contributed by atoms with Gasteiger partial charge in [-0.15, -0.1) is 0 Å². The summed E-state index contributed by atoms with van der Waals surface area (Å²) in [6.07, 6.45) is 0. The van der Waals surface area contributed by atoms with Gasteiger partial charge in [0.2, 0.25) is 0 Å². The van der Waals surface area contributed by atoms with E-state index >= 15 is 0 Å². The van der Waals surface area contributed by atoms with Crippen molar-refractivity contribution in [3.63, 3.8) is 0 Å². The monoisotopic (exact) mass is 187 g/mol. The third-order valence-corrected chi connectivity index (χ3v) is 3.56. The number of hydrogen-bond acceptors (Lipinski definition) is 3. The fourth-order valence-corrected chi connectivity index (χ4v) is 2.53. The molecule has 0 saturated carbocycles. The summed E-state index contributed by atoms with van der Waals surface area (Å²) in [6.45, 7) is 5.27. The molecule has 0 aromatic rings. The average Bonchev–Trinajstić information content (AvgIpc) is 2.04. The van der Waals surface area contributed by atoms with E-state index in [1.165, 1.54) is 5.75 Å². The Morgan fingerprint density at radius 2 is 2.42 bits per heavy atom. The Bertz CT molecular complexity index is 172. The molecule has 2 atom stereocenters. The van der Waals surface area contributed by atoms with Crippen molar-refractivity contribution < 1.29 is 0 Å². The maximum Gasteiger partial charge on any atom is 0.108 e. The third-order valence-electron chi connectivity index (χ3n) is 2.37. The first-order valence-corrected chi connectivity index (χ1v) is 5.45. The number of nitrogens with one attached hydrogen (secondary N) is 1. The SMILES string of the molecule is CC1CSCCN1C(C)C(=N)N. The molecule has 0 bridgehead atoms. The van der Waals surface area contributed by atoms with Crippen LogP contribution in [-0.2, 0) is 0 Å². The summed E-state index contributed by atoms with van der Waals surface area (Å²) < 4.78 is 0. The summed E-state index contributed by atoms with van der Waals surface area (Å²) in [6, 6.07) is 0.670. The molecular formula is C8H17N3S. The molecule has 12 heavy (non-hydrogen) atoms. The van der Waals surface area contributed by atoms with Gasteiger partial charge in [-0.3, -0.25) is 10.3 Å². The Kier molecular flexibility index (Phi) is 3.40. The zero-order valence-electron chi connectivity index (χ0n) is 7.71. The van der Waals surface area contributed by atoms with E-state index in [0.29, 0.717) is 6.04 Å². The summed E-state index contributed by atoms with van der Waals surface area (Å²) >= 11 is 1.98. The Hall–Kier alpha value is -0.220. The molecule has 1 rings (SSSR count). The van der Waals surface area contributed by atoms with Crippen LogP contribution >= 0.6 is 11.8 Å². The molecule has 1 aliphatic rings. The summed E-state index contributed by atoms with van der Waals surface area (Å²) in [5, 5.41) is 7.36. The summed E-state index contributed by atoms with van der Waals surface area (Å²) in [5.74, 6) is 2.62. The number of hydrogen-bond donors (Lipinski definition) is 2. The van der Waals surface area contributed by atoms with Gasteiger partial charge in [0, 0.05) is 24.1 Å². The highest BCUT2D eigenvalue weighted by Crippen LogP contribution is 2.18. The molecule has 1 fully saturated rings. The molecule has 0 amide bonds. The average molecular weight is 187 g/mol. The number of nitrogens with two attached hydrogens (primary N) is 1. The highest BCUT2D eigenvalue weighted by atomic mass is 32.2. The van der Waals surface area contributed by atoms with E-state index in [-0.39, 0.29) is 11.9 Å². The minimum absolute atomic E-state index is 0.112. The Morgan fingerprint density at radius 1 is 1.75 bits per heavy atom. The normalized spacial score (nSPS) is 28.3. The zero-order valence-corrected chi connectivity index (χ0v) is 8.53. The van der Waals surface area contributed by atoms with Crippen LogP contribution in [0.3, 0.4) is 0 Å². The minimum atomic E-state index is 0.112. The maximum absolute atomic E-state index is 7.36. The van der Waals surface area contributed by atoms with Crippen LogP contribution in [0.4, 0.5) is 0 Å². The van der Waals surface area contributed by atoms with E-state index in [1.54, 1.807) is 0 Å². The summed E-state index contributed by atoms with van der Waals surface area (Å²) in [4.78, 5) is 2.30. The Labute approximate surface area is 78.2 Å². The number of rotatable bonds is 2. The van der Waals surface area contributed by atoms with Crippen molar-refractivity contribution in [3.8, 4) is 0 Å². The van der Waals surface area contributed by atoms with Gasteiger partial charge in [-0.25, -0.2) is 0 Å². The van der Waals surface area contributed by atoms with Crippen molar-refractivity contribution in [2.45, 2.75) is 25.9 Å². The molecule has 0 aromatic heterocycles. The molecule has 4 heteroatoms. The largest absolute Gasteiger partial charge is 0.386 e. The molecule has 1 saturated heterocycles. The van der Waals surface area contributed by atoms with E-state index in [4.69, 9.17) is 11.1 Å². The van der Waals surface area contributed by atoms with Gasteiger partial charge in [0.25, 0.3) is 0 Å². The minimum Gasteiger partial charge on any atom is -0.386 e. The molecular weight excluding hydrogens is 170 g/mol. The highest BCUT2D eigenvalue weighted by molar-refractivity contribution is 7.99. The molecule has 1 aliphatic heterocycles. The summed E-state index contributed by atoms with van der Waals surface area (Å²) in [5.41, 5.74) is 5.46. The fourth-order valence-electron chi connectivity index (χ4n) is 1.49. The smallest absolute Gasteiger partial charge is 0.108 e. The predicted molar refractivity (Wildman–Crippen MR) is 54.9 cm³/mol. The second-order valence-corrected chi connectivity index (χ2v) is 4.44. The predicted octanol–water partition coefficient (Wildman–Crippen LogP) is 0.748.